The second-order valence-corrected chi connectivity index (χ2v) is 8.06. The number of aliphatic hydroxyl groups is 1. The van der Waals surface area contributed by atoms with Crippen LogP contribution in [0.4, 0.5) is 0 Å². The van der Waals surface area contributed by atoms with Gasteiger partial charge in [0.05, 0.1) is 11.6 Å². The van der Waals surface area contributed by atoms with E-state index in [2.05, 4.69) is 5.10 Å². The molecule has 0 aliphatic carbocycles. The molecule has 2 amide bonds. The van der Waals surface area contributed by atoms with Crippen molar-refractivity contribution in [3.8, 4) is 0 Å². The lowest BCUT2D eigenvalue weighted by atomic mass is 9.67. The van der Waals surface area contributed by atoms with Crippen molar-refractivity contribution in [3.63, 3.8) is 0 Å². The van der Waals surface area contributed by atoms with E-state index in [1.807, 2.05) is 23.6 Å². The van der Waals surface area contributed by atoms with Gasteiger partial charge in [0.2, 0.25) is 11.8 Å². The molecule has 0 aromatic carbocycles. The number of aromatic nitrogens is 2. The largest absolute Gasteiger partial charge is 0.391 e. The van der Waals surface area contributed by atoms with E-state index in [0.29, 0.717) is 26.1 Å². The normalized spacial score (nSPS) is 25.2. The Morgan fingerprint density at radius 2 is 1.96 bits per heavy atom. The summed E-state index contributed by atoms with van der Waals surface area (Å²) in [5.41, 5.74) is -0.632. The molecule has 7 heteroatoms. The minimum absolute atomic E-state index is 0.000290. The van der Waals surface area contributed by atoms with E-state index in [4.69, 9.17) is 0 Å². The molecule has 3 heterocycles. The Kier molecular flexibility index (Phi) is 4.62. The molecule has 1 atom stereocenters. The minimum Gasteiger partial charge on any atom is -0.391 e. The van der Waals surface area contributed by atoms with E-state index in [0.717, 1.165) is 12.8 Å². The summed E-state index contributed by atoms with van der Waals surface area (Å²) in [6.07, 6.45) is 5.22. The highest BCUT2D eigenvalue weighted by atomic mass is 16.3. The molecule has 138 valence electrons. The fourth-order valence-electron chi connectivity index (χ4n) is 4.19. The average Bonchev–Trinajstić information content (AvgIpc) is 3.04. The number of hydrogen-bond acceptors (Lipinski definition) is 4. The average molecular weight is 348 g/mol. The van der Waals surface area contributed by atoms with Gasteiger partial charge < -0.3 is 14.9 Å². The molecule has 3 rings (SSSR count). The second kappa shape index (κ2) is 6.44. The Labute approximate surface area is 148 Å². The smallest absolute Gasteiger partial charge is 0.244 e. The van der Waals surface area contributed by atoms with Crippen molar-refractivity contribution in [1.82, 2.24) is 19.6 Å². The quantitative estimate of drug-likeness (QED) is 0.861. The fraction of sp³-hybridized carbons (Fsp3) is 0.722. The van der Waals surface area contributed by atoms with E-state index >= 15 is 0 Å². The van der Waals surface area contributed by atoms with Crippen LogP contribution in [0.25, 0.3) is 0 Å². The minimum atomic E-state index is -0.545. The monoisotopic (exact) mass is 348 g/mol. The van der Waals surface area contributed by atoms with Crippen LogP contribution in [0.2, 0.25) is 0 Å². The summed E-state index contributed by atoms with van der Waals surface area (Å²) < 4.78 is 1.64. The van der Waals surface area contributed by atoms with Crippen LogP contribution in [-0.4, -0.2) is 67.8 Å². The maximum absolute atomic E-state index is 12.4. The van der Waals surface area contributed by atoms with E-state index in [1.54, 1.807) is 30.1 Å². The summed E-state index contributed by atoms with van der Waals surface area (Å²) in [5.74, 6) is 0.0685. The zero-order chi connectivity index (χ0) is 18.2. The summed E-state index contributed by atoms with van der Waals surface area (Å²) in [6.45, 7) is 7.67. The van der Waals surface area contributed by atoms with Gasteiger partial charge in [-0.1, -0.05) is 0 Å². The third-order valence-electron chi connectivity index (χ3n) is 6.04. The molecule has 7 nitrogen and oxygen atoms in total. The number of nitrogens with zero attached hydrogens (tertiary/aromatic N) is 4. The molecule has 1 aromatic rings. The molecule has 2 saturated heterocycles. The molecular formula is C18H28N4O3. The summed E-state index contributed by atoms with van der Waals surface area (Å²) >= 11 is 0. The van der Waals surface area contributed by atoms with E-state index in [9.17, 15) is 14.7 Å². The first-order valence-electron chi connectivity index (χ1n) is 8.95. The van der Waals surface area contributed by atoms with E-state index in [-0.39, 0.29) is 23.8 Å². The Morgan fingerprint density at radius 3 is 2.52 bits per heavy atom. The Morgan fingerprint density at radius 1 is 1.28 bits per heavy atom. The summed E-state index contributed by atoms with van der Waals surface area (Å²) in [5, 5.41) is 14.7. The molecule has 1 spiro atoms. The van der Waals surface area contributed by atoms with Gasteiger partial charge in [0.1, 0.15) is 6.54 Å². The van der Waals surface area contributed by atoms with Crippen molar-refractivity contribution in [3.05, 3.63) is 18.5 Å². The van der Waals surface area contributed by atoms with Crippen molar-refractivity contribution < 1.29 is 14.7 Å². The van der Waals surface area contributed by atoms with Crippen molar-refractivity contribution in [2.45, 2.75) is 58.2 Å². The lowest BCUT2D eigenvalue weighted by molar-refractivity contribution is -0.159. The third kappa shape index (κ3) is 3.42. The fourth-order valence-corrected chi connectivity index (χ4v) is 4.19. The molecule has 25 heavy (non-hydrogen) atoms. The van der Waals surface area contributed by atoms with Gasteiger partial charge in [0, 0.05) is 39.0 Å². The summed E-state index contributed by atoms with van der Waals surface area (Å²) in [4.78, 5) is 28.2. The van der Waals surface area contributed by atoms with Crippen LogP contribution in [0.3, 0.4) is 0 Å². The van der Waals surface area contributed by atoms with Gasteiger partial charge in [0.25, 0.3) is 0 Å². The topological polar surface area (TPSA) is 78.7 Å². The molecule has 1 N–H and O–H groups in total. The first-order valence-corrected chi connectivity index (χ1v) is 8.95. The maximum Gasteiger partial charge on any atom is 0.244 e. The number of likely N-dealkylation sites (tertiary alicyclic amines) is 2. The molecule has 0 unspecified atom stereocenters. The van der Waals surface area contributed by atoms with Crippen molar-refractivity contribution >= 4 is 11.8 Å². The highest BCUT2D eigenvalue weighted by molar-refractivity contribution is 5.76. The third-order valence-corrected chi connectivity index (χ3v) is 6.04. The van der Waals surface area contributed by atoms with Crippen molar-refractivity contribution in [2.24, 2.45) is 5.41 Å². The first-order chi connectivity index (χ1) is 11.7. The lowest BCUT2D eigenvalue weighted by Crippen LogP contribution is -2.64. The van der Waals surface area contributed by atoms with Crippen LogP contribution in [0.5, 0.6) is 0 Å². The van der Waals surface area contributed by atoms with Gasteiger partial charge in [-0.25, -0.2) is 0 Å². The van der Waals surface area contributed by atoms with Gasteiger partial charge >= 0.3 is 0 Å². The molecule has 0 saturated carbocycles. The van der Waals surface area contributed by atoms with Crippen LogP contribution in [0, 0.1) is 5.41 Å². The van der Waals surface area contributed by atoms with Crippen molar-refractivity contribution in [2.75, 3.05) is 19.6 Å². The highest BCUT2D eigenvalue weighted by Crippen LogP contribution is 2.45. The van der Waals surface area contributed by atoms with Crippen LogP contribution in [0.1, 0.15) is 40.0 Å². The predicted molar refractivity (Wildman–Crippen MR) is 92.6 cm³/mol. The SMILES string of the molecule is CC(=O)N1CC2(CCN(C(=O)Cn3cccn3)CC2)C[C@H](O)C1(C)C. The first kappa shape index (κ1) is 17.9. The molecule has 2 aliphatic rings. The predicted octanol–water partition coefficient (Wildman–Crippen LogP) is 0.884. The molecule has 0 bridgehead atoms. The molecule has 1 aromatic heterocycles. The zero-order valence-corrected chi connectivity index (χ0v) is 15.3. The van der Waals surface area contributed by atoms with E-state index in [1.165, 1.54) is 0 Å². The van der Waals surface area contributed by atoms with Crippen LogP contribution in [-0.2, 0) is 16.1 Å². The van der Waals surface area contributed by atoms with Crippen molar-refractivity contribution in [1.29, 1.82) is 0 Å². The van der Waals surface area contributed by atoms with Gasteiger partial charge in [-0.3, -0.25) is 14.3 Å². The second-order valence-electron chi connectivity index (χ2n) is 8.06. The summed E-state index contributed by atoms with van der Waals surface area (Å²) in [6, 6.07) is 1.81. The number of carbonyl (C=O) groups excluding carboxylic acids is 2. The van der Waals surface area contributed by atoms with E-state index < -0.39 is 11.6 Å². The maximum atomic E-state index is 12.4. The number of piperidine rings is 2. The number of hydrogen-bond donors (Lipinski definition) is 1. The number of aliphatic hydroxyl groups excluding tert-OH is 1. The molecular weight excluding hydrogens is 320 g/mol. The standard InChI is InChI=1S/C18H28N4O3/c1-14(23)22-13-18(11-15(24)17(22,2)3)5-9-20(10-6-18)16(25)12-21-8-4-7-19-21/h4,7-8,15,24H,5-6,9-13H2,1-3H3/t15-/m0/s1. The number of amides is 2. The van der Waals surface area contributed by atoms with Gasteiger partial charge in [-0.2, -0.15) is 5.10 Å². The van der Waals surface area contributed by atoms with Gasteiger partial charge in [0.15, 0.2) is 0 Å². The molecule has 2 aliphatic heterocycles. The number of carbonyl (C=O) groups is 2. The van der Waals surface area contributed by atoms with Crippen LogP contribution in [0.15, 0.2) is 18.5 Å². The lowest BCUT2D eigenvalue weighted by Gasteiger charge is -2.55. The van der Waals surface area contributed by atoms with Gasteiger partial charge in [-0.05, 0) is 44.6 Å². The Balaban J connectivity index is 1.64. The molecule has 0 radical (unpaired) electrons. The Hall–Kier alpha value is -1.89. The zero-order valence-electron chi connectivity index (χ0n) is 15.3. The van der Waals surface area contributed by atoms with Crippen LogP contribution >= 0.6 is 0 Å². The molecule has 2 fully saturated rings. The van der Waals surface area contributed by atoms with Gasteiger partial charge in [-0.15, -0.1) is 0 Å². The van der Waals surface area contributed by atoms with Crippen LogP contribution < -0.4 is 0 Å². The number of rotatable bonds is 2. The Bertz CT molecular complexity index is 633. The highest BCUT2D eigenvalue weighted by Gasteiger charge is 2.50. The summed E-state index contributed by atoms with van der Waals surface area (Å²) in [7, 11) is 0.